The minimum atomic E-state index is 0.284. The van der Waals surface area contributed by atoms with Crippen LogP contribution >= 0.6 is 0 Å². The molecule has 20 heavy (non-hydrogen) atoms. The Kier molecular flexibility index (Phi) is 3.76. The second kappa shape index (κ2) is 5.40. The van der Waals surface area contributed by atoms with Crippen molar-refractivity contribution < 1.29 is 0 Å². The van der Waals surface area contributed by atoms with Crippen molar-refractivity contribution >= 4 is 5.69 Å². The second-order valence-corrected chi connectivity index (χ2v) is 7.07. The van der Waals surface area contributed by atoms with Gasteiger partial charge in [-0.1, -0.05) is 38.5 Å². The molecule has 110 valence electrons. The molecule has 2 nitrogen and oxygen atoms in total. The maximum absolute atomic E-state index is 3.86. The van der Waals surface area contributed by atoms with Crippen LogP contribution in [0.3, 0.4) is 0 Å². The molecule has 1 fully saturated rings. The van der Waals surface area contributed by atoms with Gasteiger partial charge in [-0.05, 0) is 43.2 Å². The Labute approximate surface area is 123 Å². The third-order valence-corrected chi connectivity index (χ3v) is 5.24. The third-order valence-electron chi connectivity index (χ3n) is 5.24. The zero-order valence-electron chi connectivity index (χ0n) is 13.2. The molecule has 2 unspecified atom stereocenters. The summed E-state index contributed by atoms with van der Waals surface area (Å²) in [7, 11) is 0. The summed E-state index contributed by atoms with van der Waals surface area (Å²) in [6.45, 7) is 10.4. The predicted molar refractivity (Wildman–Crippen MR) is 86.1 cm³/mol. The maximum atomic E-state index is 3.86. The van der Waals surface area contributed by atoms with E-state index in [1.165, 1.54) is 37.1 Å². The Morgan fingerprint density at radius 2 is 2.10 bits per heavy atom. The number of nitrogens with one attached hydrogen (secondary N) is 1. The molecule has 1 aromatic carbocycles. The highest BCUT2D eigenvalue weighted by Crippen LogP contribution is 2.42. The van der Waals surface area contributed by atoms with E-state index >= 15 is 0 Å². The fourth-order valence-corrected chi connectivity index (χ4v) is 3.47. The monoisotopic (exact) mass is 272 g/mol. The summed E-state index contributed by atoms with van der Waals surface area (Å²) in [6, 6.07) is 8.94. The normalized spacial score (nSPS) is 27.9. The average Bonchev–Trinajstić information content (AvgIpc) is 3.29. The highest BCUT2D eigenvalue weighted by atomic mass is 15.2. The Morgan fingerprint density at radius 3 is 2.80 bits per heavy atom. The maximum Gasteiger partial charge on any atom is 0.0412 e. The number of fused-ring (bicyclic) bond motifs is 1. The molecule has 1 aromatic rings. The molecular weight excluding hydrogens is 244 g/mol. The topological polar surface area (TPSA) is 15.3 Å². The number of nitrogens with zero attached hydrogens (tertiary/aromatic N) is 1. The van der Waals surface area contributed by atoms with Crippen molar-refractivity contribution in [3.63, 3.8) is 0 Å². The van der Waals surface area contributed by atoms with Gasteiger partial charge in [0, 0.05) is 30.9 Å². The van der Waals surface area contributed by atoms with Gasteiger partial charge >= 0.3 is 0 Å². The molecule has 2 aliphatic rings. The SMILES string of the molecule is CCC(C)CN1CC(C)(C2CC2)NCc2ccccc21. The number of benzene rings is 1. The number of hydrogen-bond donors (Lipinski definition) is 1. The van der Waals surface area contributed by atoms with Gasteiger partial charge in [-0.25, -0.2) is 0 Å². The Bertz CT molecular complexity index is 466. The minimum absolute atomic E-state index is 0.284. The van der Waals surface area contributed by atoms with Crippen molar-refractivity contribution in [3.05, 3.63) is 29.8 Å². The lowest BCUT2D eigenvalue weighted by Gasteiger charge is -2.36. The molecule has 1 saturated carbocycles. The van der Waals surface area contributed by atoms with E-state index in [0.29, 0.717) is 0 Å². The van der Waals surface area contributed by atoms with Gasteiger partial charge in [0.25, 0.3) is 0 Å². The molecule has 1 aliphatic carbocycles. The first kappa shape index (κ1) is 13.9. The van der Waals surface area contributed by atoms with Crippen LogP contribution in [-0.4, -0.2) is 18.6 Å². The van der Waals surface area contributed by atoms with E-state index in [1.54, 1.807) is 0 Å². The standard InChI is InChI=1S/C18H28N2/c1-4-14(2)12-20-13-18(3,16-9-10-16)19-11-15-7-5-6-8-17(15)20/h5-8,14,16,19H,4,9-13H2,1-3H3. The Balaban J connectivity index is 1.89. The lowest BCUT2D eigenvalue weighted by Crippen LogP contribution is -2.51. The Hall–Kier alpha value is -1.02. The van der Waals surface area contributed by atoms with Gasteiger partial charge in [-0.3, -0.25) is 0 Å². The Morgan fingerprint density at radius 1 is 1.35 bits per heavy atom. The van der Waals surface area contributed by atoms with E-state index in [9.17, 15) is 0 Å². The fraction of sp³-hybridized carbons (Fsp3) is 0.667. The molecule has 0 saturated heterocycles. The molecule has 0 spiro atoms. The lowest BCUT2D eigenvalue weighted by atomic mass is 9.94. The van der Waals surface area contributed by atoms with Gasteiger partial charge in [0.15, 0.2) is 0 Å². The van der Waals surface area contributed by atoms with Crippen LogP contribution in [0.25, 0.3) is 0 Å². The van der Waals surface area contributed by atoms with Gasteiger partial charge in [-0.2, -0.15) is 0 Å². The van der Waals surface area contributed by atoms with Crippen molar-refractivity contribution in [1.82, 2.24) is 5.32 Å². The van der Waals surface area contributed by atoms with Crippen LogP contribution in [0.1, 0.15) is 45.6 Å². The van der Waals surface area contributed by atoms with Crippen molar-refractivity contribution in [2.45, 2.75) is 52.1 Å². The molecule has 1 aliphatic heterocycles. The van der Waals surface area contributed by atoms with Crippen molar-refractivity contribution in [3.8, 4) is 0 Å². The van der Waals surface area contributed by atoms with E-state index in [0.717, 1.165) is 24.9 Å². The molecule has 0 amide bonds. The first-order valence-corrected chi connectivity index (χ1v) is 8.20. The van der Waals surface area contributed by atoms with Gasteiger partial charge in [0.2, 0.25) is 0 Å². The molecule has 1 N–H and O–H groups in total. The van der Waals surface area contributed by atoms with Gasteiger partial charge < -0.3 is 10.2 Å². The zero-order chi connectivity index (χ0) is 14.2. The third kappa shape index (κ3) is 2.71. The van der Waals surface area contributed by atoms with E-state index in [4.69, 9.17) is 0 Å². The number of hydrogen-bond acceptors (Lipinski definition) is 2. The van der Waals surface area contributed by atoms with Crippen molar-refractivity contribution in [2.24, 2.45) is 11.8 Å². The summed E-state index contributed by atoms with van der Waals surface area (Å²) in [5, 5.41) is 3.86. The lowest BCUT2D eigenvalue weighted by molar-refractivity contribution is 0.312. The smallest absolute Gasteiger partial charge is 0.0412 e. The minimum Gasteiger partial charge on any atom is -0.369 e. The average molecular weight is 272 g/mol. The molecular formula is C18H28N2. The van der Waals surface area contributed by atoms with E-state index in [2.05, 4.69) is 55.3 Å². The van der Waals surface area contributed by atoms with Crippen LogP contribution in [0.2, 0.25) is 0 Å². The van der Waals surface area contributed by atoms with Crippen LogP contribution in [0.15, 0.2) is 24.3 Å². The zero-order valence-corrected chi connectivity index (χ0v) is 13.2. The summed E-state index contributed by atoms with van der Waals surface area (Å²) in [4.78, 5) is 2.64. The van der Waals surface area contributed by atoms with Gasteiger partial charge in [0.1, 0.15) is 0 Å². The highest BCUT2D eigenvalue weighted by Gasteiger charge is 2.43. The molecule has 0 radical (unpaired) electrons. The molecule has 2 atom stereocenters. The first-order chi connectivity index (χ1) is 9.62. The van der Waals surface area contributed by atoms with E-state index in [-0.39, 0.29) is 5.54 Å². The quantitative estimate of drug-likeness (QED) is 0.896. The summed E-state index contributed by atoms with van der Waals surface area (Å²) >= 11 is 0. The highest BCUT2D eigenvalue weighted by molar-refractivity contribution is 5.55. The van der Waals surface area contributed by atoms with Crippen LogP contribution in [0, 0.1) is 11.8 Å². The summed E-state index contributed by atoms with van der Waals surface area (Å²) in [6.07, 6.45) is 4.06. The van der Waals surface area contributed by atoms with E-state index in [1.807, 2.05) is 0 Å². The molecule has 2 heteroatoms. The van der Waals surface area contributed by atoms with Crippen LogP contribution in [0.4, 0.5) is 5.69 Å². The van der Waals surface area contributed by atoms with E-state index < -0.39 is 0 Å². The number of para-hydroxylation sites is 1. The molecule has 1 heterocycles. The predicted octanol–water partition coefficient (Wildman–Crippen LogP) is 3.81. The summed E-state index contributed by atoms with van der Waals surface area (Å²) < 4.78 is 0. The number of rotatable bonds is 4. The second-order valence-electron chi connectivity index (χ2n) is 7.07. The van der Waals surface area contributed by atoms with Gasteiger partial charge in [0.05, 0.1) is 0 Å². The van der Waals surface area contributed by atoms with Gasteiger partial charge in [-0.15, -0.1) is 0 Å². The van der Waals surface area contributed by atoms with Crippen molar-refractivity contribution in [1.29, 1.82) is 0 Å². The summed E-state index contributed by atoms with van der Waals surface area (Å²) in [5.41, 5.74) is 3.19. The molecule has 0 aromatic heterocycles. The van der Waals surface area contributed by atoms with Crippen LogP contribution < -0.4 is 10.2 Å². The fourth-order valence-electron chi connectivity index (χ4n) is 3.47. The molecule has 3 rings (SSSR count). The number of anilines is 1. The first-order valence-electron chi connectivity index (χ1n) is 8.20. The van der Waals surface area contributed by atoms with Crippen molar-refractivity contribution in [2.75, 3.05) is 18.0 Å². The largest absolute Gasteiger partial charge is 0.369 e. The van der Waals surface area contributed by atoms with Crippen LogP contribution in [0.5, 0.6) is 0 Å². The molecule has 0 bridgehead atoms. The summed E-state index contributed by atoms with van der Waals surface area (Å²) in [5.74, 6) is 1.63. The van der Waals surface area contributed by atoms with Crippen LogP contribution in [-0.2, 0) is 6.54 Å².